The lowest BCUT2D eigenvalue weighted by molar-refractivity contribution is -0.122. The van der Waals surface area contributed by atoms with Crippen molar-refractivity contribution >= 4 is 39.8 Å². The summed E-state index contributed by atoms with van der Waals surface area (Å²) in [6.07, 6.45) is 2.78. The van der Waals surface area contributed by atoms with Crippen LogP contribution in [0, 0.1) is 5.92 Å². The van der Waals surface area contributed by atoms with Crippen LogP contribution in [0.4, 0.5) is 11.5 Å². The SMILES string of the molecule is C[C@@]1(N2CCN(c3cc4cc(NC(=O)C5CCOCC5)ncc4cc3Cl)CC2)COC[C@@H]1O. The van der Waals surface area contributed by atoms with E-state index in [1.807, 2.05) is 12.1 Å². The van der Waals surface area contributed by atoms with Crippen molar-refractivity contribution in [3.05, 3.63) is 29.4 Å². The second-order valence-electron chi connectivity index (χ2n) is 9.46. The first-order chi connectivity index (χ1) is 15.9. The van der Waals surface area contributed by atoms with Gasteiger partial charge in [-0.25, -0.2) is 4.98 Å². The number of hydrogen-bond donors (Lipinski definition) is 2. The van der Waals surface area contributed by atoms with Gasteiger partial charge in [0, 0.05) is 56.9 Å². The van der Waals surface area contributed by atoms with Crippen LogP contribution in [0.2, 0.25) is 5.02 Å². The summed E-state index contributed by atoms with van der Waals surface area (Å²) in [4.78, 5) is 21.6. The second-order valence-corrected chi connectivity index (χ2v) is 9.87. The summed E-state index contributed by atoms with van der Waals surface area (Å²) in [5.41, 5.74) is 0.646. The molecule has 9 heteroatoms. The first-order valence-corrected chi connectivity index (χ1v) is 12.1. The maximum atomic E-state index is 12.6. The first-order valence-electron chi connectivity index (χ1n) is 11.7. The summed E-state index contributed by atoms with van der Waals surface area (Å²) < 4.78 is 10.9. The maximum absolute atomic E-state index is 12.6. The van der Waals surface area contributed by atoms with Gasteiger partial charge >= 0.3 is 0 Å². The lowest BCUT2D eigenvalue weighted by atomic mass is 9.95. The number of carbonyl (C=O) groups is 1. The molecule has 0 spiro atoms. The number of nitrogens with zero attached hydrogens (tertiary/aromatic N) is 3. The van der Waals surface area contributed by atoms with Crippen molar-refractivity contribution in [1.29, 1.82) is 0 Å². The topological polar surface area (TPSA) is 87.2 Å². The van der Waals surface area contributed by atoms with E-state index in [-0.39, 0.29) is 17.4 Å². The highest BCUT2D eigenvalue weighted by molar-refractivity contribution is 6.34. The van der Waals surface area contributed by atoms with Gasteiger partial charge < -0.3 is 24.8 Å². The molecule has 0 aliphatic carbocycles. The van der Waals surface area contributed by atoms with Crippen LogP contribution in [0.5, 0.6) is 0 Å². The number of nitrogens with one attached hydrogen (secondary N) is 1. The van der Waals surface area contributed by atoms with E-state index in [9.17, 15) is 9.90 Å². The average Bonchev–Trinajstić information content (AvgIpc) is 3.18. The third-order valence-electron chi connectivity index (χ3n) is 7.36. The van der Waals surface area contributed by atoms with E-state index in [0.29, 0.717) is 37.3 Å². The Morgan fingerprint density at radius 1 is 1.15 bits per heavy atom. The van der Waals surface area contributed by atoms with Crippen LogP contribution in [-0.4, -0.2) is 85.1 Å². The number of hydrogen-bond acceptors (Lipinski definition) is 7. The van der Waals surface area contributed by atoms with Gasteiger partial charge in [-0.3, -0.25) is 9.69 Å². The van der Waals surface area contributed by atoms with E-state index in [1.165, 1.54) is 0 Å². The van der Waals surface area contributed by atoms with Crippen LogP contribution in [0.1, 0.15) is 19.8 Å². The minimum atomic E-state index is -0.462. The van der Waals surface area contributed by atoms with E-state index >= 15 is 0 Å². The van der Waals surface area contributed by atoms with E-state index in [4.69, 9.17) is 21.1 Å². The van der Waals surface area contributed by atoms with Gasteiger partial charge in [-0.15, -0.1) is 0 Å². The highest BCUT2D eigenvalue weighted by Gasteiger charge is 2.44. The number of aliphatic hydroxyl groups is 1. The largest absolute Gasteiger partial charge is 0.389 e. The van der Waals surface area contributed by atoms with Gasteiger partial charge in [-0.05, 0) is 43.4 Å². The highest BCUT2D eigenvalue weighted by atomic mass is 35.5. The predicted molar refractivity (Wildman–Crippen MR) is 128 cm³/mol. The summed E-state index contributed by atoms with van der Waals surface area (Å²) in [7, 11) is 0. The summed E-state index contributed by atoms with van der Waals surface area (Å²) in [5.74, 6) is 0.529. The fourth-order valence-corrected chi connectivity index (χ4v) is 5.36. The number of benzene rings is 1. The third kappa shape index (κ3) is 4.55. The molecule has 1 aromatic carbocycles. The molecule has 5 rings (SSSR count). The molecule has 178 valence electrons. The number of anilines is 2. The number of ether oxygens (including phenoxy) is 2. The molecule has 0 bridgehead atoms. The molecule has 3 saturated heterocycles. The lowest BCUT2D eigenvalue weighted by Gasteiger charge is -2.45. The number of aromatic nitrogens is 1. The van der Waals surface area contributed by atoms with Gasteiger partial charge in [-0.1, -0.05) is 11.6 Å². The number of rotatable bonds is 4. The molecule has 3 aliphatic heterocycles. The fraction of sp³-hybridized carbons (Fsp3) is 0.583. The zero-order valence-electron chi connectivity index (χ0n) is 18.9. The van der Waals surface area contributed by atoms with Crippen LogP contribution in [0.15, 0.2) is 24.4 Å². The number of halogens is 1. The van der Waals surface area contributed by atoms with Crippen LogP contribution in [0.3, 0.4) is 0 Å². The molecule has 0 saturated carbocycles. The second kappa shape index (κ2) is 9.35. The normalized spacial score (nSPS) is 27.2. The van der Waals surface area contributed by atoms with Gasteiger partial charge in [0.2, 0.25) is 5.91 Å². The van der Waals surface area contributed by atoms with Gasteiger partial charge in [0.05, 0.1) is 35.6 Å². The average molecular weight is 475 g/mol. The first kappa shape index (κ1) is 22.8. The number of pyridine rings is 1. The molecular formula is C24H31ClN4O4. The quantitative estimate of drug-likeness (QED) is 0.704. The Bertz CT molecular complexity index is 1020. The molecule has 33 heavy (non-hydrogen) atoms. The number of fused-ring (bicyclic) bond motifs is 1. The van der Waals surface area contributed by atoms with E-state index in [1.54, 1.807) is 6.20 Å². The van der Waals surface area contributed by atoms with E-state index in [2.05, 4.69) is 33.1 Å². The van der Waals surface area contributed by atoms with Crippen molar-refractivity contribution in [2.24, 2.45) is 5.92 Å². The molecular weight excluding hydrogens is 444 g/mol. The number of amides is 1. The predicted octanol–water partition coefficient (Wildman–Crippen LogP) is 2.53. The van der Waals surface area contributed by atoms with Crippen LogP contribution >= 0.6 is 11.6 Å². The van der Waals surface area contributed by atoms with Crippen LogP contribution in [0.25, 0.3) is 10.8 Å². The molecule has 3 fully saturated rings. The minimum Gasteiger partial charge on any atom is -0.389 e. The molecule has 3 aliphatic rings. The van der Waals surface area contributed by atoms with Crippen molar-refractivity contribution in [2.75, 3.05) is 62.8 Å². The molecule has 2 atom stereocenters. The molecule has 1 amide bonds. The number of carbonyl (C=O) groups excluding carboxylic acids is 1. The van der Waals surface area contributed by atoms with Crippen molar-refractivity contribution in [1.82, 2.24) is 9.88 Å². The van der Waals surface area contributed by atoms with E-state index < -0.39 is 6.10 Å². The Hall–Kier alpha value is -1.97. The Labute approximate surface area is 198 Å². The third-order valence-corrected chi connectivity index (χ3v) is 7.66. The van der Waals surface area contributed by atoms with Crippen LogP contribution in [-0.2, 0) is 14.3 Å². The lowest BCUT2D eigenvalue weighted by Crippen LogP contribution is -2.60. The highest BCUT2D eigenvalue weighted by Crippen LogP contribution is 2.34. The maximum Gasteiger partial charge on any atom is 0.228 e. The fourth-order valence-electron chi connectivity index (χ4n) is 5.07. The molecule has 2 aromatic rings. The Balaban J connectivity index is 1.30. The minimum absolute atomic E-state index is 0.00188. The Kier molecular flexibility index (Phi) is 6.46. The van der Waals surface area contributed by atoms with Crippen molar-refractivity contribution in [3.8, 4) is 0 Å². The van der Waals surface area contributed by atoms with Crippen molar-refractivity contribution < 1.29 is 19.4 Å². The standard InChI is InChI=1S/C24H31ClN4O4/c1-24(15-33-14-21(24)30)29-6-4-28(5-7-29)20-11-17-12-22(26-13-18(17)10-19(20)25)27-23(31)16-2-8-32-9-3-16/h10-13,16,21,30H,2-9,14-15H2,1H3,(H,26,27,31)/t21-,24+/m0/s1. The summed E-state index contributed by atoms with van der Waals surface area (Å²) >= 11 is 6.65. The molecule has 2 N–H and O–H groups in total. The van der Waals surface area contributed by atoms with E-state index in [0.717, 1.165) is 55.5 Å². The zero-order chi connectivity index (χ0) is 23.0. The van der Waals surface area contributed by atoms with Gasteiger partial charge in [0.15, 0.2) is 0 Å². The van der Waals surface area contributed by atoms with Gasteiger partial charge in [0.1, 0.15) is 5.82 Å². The molecule has 8 nitrogen and oxygen atoms in total. The summed E-state index contributed by atoms with van der Waals surface area (Å²) in [6, 6.07) is 5.93. The zero-order valence-corrected chi connectivity index (χ0v) is 19.7. The monoisotopic (exact) mass is 474 g/mol. The summed E-state index contributed by atoms with van der Waals surface area (Å²) in [5, 5.41) is 16.0. The number of aliphatic hydroxyl groups excluding tert-OH is 1. The van der Waals surface area contributed by atoms with Crippen molar-refractivity contribution in [2.45, 2.75) is 31.4 Å². The van der Waals surface area contributed by atoms with Crippen molar-refractivity contribution in [3.63, 3.8) is 0 Å². The smallest absolute Gasteiger partial charge is 0.228 e. The molecule has 0 unspecified atom stereocenters. The Morgan fingerprint density at radius 2 is 1.91 bits per heavy atom. The van der Waals surface area contributed by atoms with Gasteiger partial charge in [0.25, 0.3) is 0 Å². The molecule has 1 aromatic heterocycles. The Morgan fingerprint density at radius 3 is 2.61 bits per heavy atom. The molecule has 0 radical (unpaired) electrons. The number of piperazine rings is 1. The molecule has 4 heterocycles. The van der Waals surface area contributed by atoms with Crippen LogP contribution < -0.4 is 10.2 Å². The summed E-state index contributed by atoms with van der Waals surface area (Å²) in [6.45, 7) is 7.56. The van der Waals surface area contributed by atoms with Gasteiger partial charge in [-0.2, -0.15) is 0 Å².